The van der Waals surface area contributed by atoms with Crippen molar-refractivity contribution in [2.24, 2.45) is 11.8 Å². The molecule has 2 nitrogen and oxygen atoms in total. The molecule has 1 unspecified atom stereocenters. The monoisotopic (exact) mass is 164 g/mol. The van der Waals surface area contributed by atoms with E-state index in [1.165, 1.54) is 0 Å². The van der Waals surface area contributed by atoms with Gasteiger partial charge >= 0.3 is 5.97 Å². The van der Waals surface area contributed by atoms with Crippen molar-refractivity contribution in [1.82, 2.24) is 0 Å². The predicted molar refractivity (Wildman–Crippen MR) is 34.5 cm³/mol. The minimum atomic E-state index is -2.47. The highest BCUT2D eigenvalue weighted by Gasteiger charge is 2.38. The fraction of sp³-hybridized carbons (Fsp3) is 0.857. The molecule has 11 heavy (non-hydrogen) atoms. The third kappa shape index (κ3) is 2.44. The molecule has 64 valence electrons. The van der Waals surface area contributed by atoms with Crippen molar-refractivity contribution in [2.45, 2.75) is 25.7 Å². The Hall–Kier alpha value is -0.670. The first-order valence-corrected chi connectivity index (χ1v) is 3.61. The van der Waals surface area contributed by atoms with Crippen LogP contribution >= 0.6 is 0 Å². The number of hydrogen-bond acceptors (Lipinski definition) is 1. The van der Waals surface area contributed by atoms with E-state index in [-0.39, 0.29) is 12.3 Å². The average molecular weight is 164 g/mol. The van der Waals surface area contributed by atoms with Gasteiger partial charge < -0.3 is 5.11 Å². The van der Waals surface area contributed by atoms with E-state index < -0.39 is 18.3 Å². The van der Waals surface area contributed by atoms with Crippen molar-refractivity contribution < 1.29 is 18.7 Å². The molecule has 0 amide bonds. The van der Waals surface area contributed by atoms with E-state index in [9.17, 15) is 13.6 Å². The first kappa shape index (κ1) is 8.43. The van der Waals surface area contributed by atoms with Crippen LogP contribution in [0.5, 0.6) is 0 Å². The van der Waals surface area contributed by atoms with Crippen LogP contribution in [-0.2, 0) is 4.79 Å². The zero-order valence-corrected chi connectivity index (χ0v) is 5.96. The van der Waals surface area contributed by atoms with Crippen molar-refractivity contribution in [3.63, 3.8) is 0 Å². The van der Waals surface area contributed by atoms with Crippen LogP contribution in [0, 0.1) is 11.8 Å². The fourth-order valence-electron chi connectivity index (χ4n) is 1.19. The van der Waals surface area contributed by atoms with E-state index in [1.54, 1.807) is 0 Å². The van der Waals surface area contributed by atoms with Crippen LogP contribution in [0.15, 0.2) is 0 Å². The number of carbonyl (C=O) groups is 1. The molecule has 1 aliphatic rings. The molecule has 0 bridgehead atoms. The molecular formula is C7H10F2O2. The molecule has 1 saturated carbocycles. The molecule has 0 aromatic rings. The quantitative estimate of drug-likeness (QED) is 0.687. The lowest BCUT2D eigenvalue weighted by atomic mass is 10.0. The Labute approximate surface area is 63.2 Å². The summed E-state index contributed by atoms with van der Waals surface area (Å²) in [5.41, 5.74) is 0. The van der Waals surface area contributed by atoms with Gasteiger partial charge in [-0.25, -0.2) is 8.78 Å². The second kappa shape index (κ2) is 3.15. The second-order valence-electron chi connectivity index (χ2n) is 2.93. The van der Waals surface area contributed by atoms with Crippen molar-refractivity contribution in [3.8, 4) is 0 Å². The van der Waals surface area contributed by atoms with Crippen molar-refractivity contribution in [3.05, 3.63) is 0 Å². The Balaban J connectivity index is 2.38. The lowest BCUT2D eigenvalue weighted by Crippen LogP contribution is -2.17. The van der Waals surface area contributed by atoms with Crippen LogP contribution < -0.4 is 0 Å². The van der Waals surface area contributed by atoms with Crippen LogP contribution in [-0.4, -0.2) is 17.5 Å². The zero-order valence-electron chi connectivity index (χ0n) is 5.96. The fourth-order valence-corrected chi connectivity index (χ4v) is 1.19. The van der Waals surface area contributed by atoms with E-state index in [0.717, 1.165) is 12.8 Å². The maximum absolute atomic E-state index is 12.1. The van der Waals surface area contributed by atoms with Crippen LogP contribution in [0.1, 0.15) is 19.3 Å². The molecule has 1 aliphatic carbocycles. The van der Waals surface area contributed by atoms with Crippen LogP contribution in [0.2, 0.25) is 0 Å². The van der Waals surface area contributed by atoms with Gasteiger partial charge in [0.1, 0.15) is 0 Å². The largest absolute Gasteiger partial charge is 0.481 e. The SMILES string of the molecule is O=C(O)CC(C(F)F)C1CC1. The molecule has 0 aromatic carbocycles. The summed E-state index contributed by atoms with van der Waals surface area (Å²) in [5, 5.41) is 8.28. The van der Waals surface area contributed by atoms with Crippen LogP contribution in [0.25, 0.3) is 0 Å². The lowest BCUT2D eigenvalue weighted by Gasteiger charge is -2.11. The Bertz CT molecular complexity index is 153. The molecule has 0 aromatic heterocycles. The molecule has 0 spiro atoms. The number of carboxylic acids is 1. The van der Waals surface area contributed by atoms with Gasteiger partial charge in [0.05, 0.1) is 6.42 Å². The second-order valence-corrected chi connectivity index (χ2v) is 2.93. The normalized spacial score (nSPS) is 20.3. The van der Waals surface area contributed by atoms with Gasteiger partial charge in [0.2, 0.25) is 6.43 Å². The minimum absolute atomic E-state index is 0.0360. The standard InChI is InChI=1S/C7H10F2O2/c8-7(9)5(3-6(10)11)4-1-2-4/h4-5,7H,1-3H2,(H,10,11). The van der Waals surface area contributed by atoms with E-state index in [0.29, 0.717) is 0 Å². The topological polar surface area (TPSA) is 37.3 Å². The van der Waals surface area contributed by atoms with Gasteiger partial charge in [-0.3, -0.25) is 4.79 Å². The van der Waals surface area contributed by atoms with Gasteiger partial charge in [-0.05, 0) is 18.8 Å². The van der Waals surface area contributed by atoms with Gasteiger partial charge in [-0.2, -0.15) is 0 Å². The molecule has 1 fully saturated rings. The molecular weight excluding hydrogens is 154 g/mol. The van der Waals surface area contributed by atoms with Gasteiger partial charge in [-0.1, -0.05) is 0 Å². The molecule has 0 aliphatic heterocycles. The average Bonchev–Trinajstić information content (AvgIpc) is 2.63. The number of alkyl halides is 2. The van der Waals surface area contributed by atoms with Gasteiger partial charge in [-0.15, -0.1) is 0 Å². The summed E-state index contributed by atoms with van der Waals surface area (Å²) in [6.07, 6.45) is -1.33. The summed E-state index contributed by atoms with van der Waals surface area (Å²) in [6, 6.07) is 0. The molecule has 0 radical (unpaired) electrons. The smallest absolute Gasteiger partial charge is 0.303 e. The Morgan fingerprint density at radius 1 is 1.55 bits per heavy atom. The van der Waals surface area contributed by atoms with E-state index in [4.69, 9.17) is 5.11 Å². The summed E-state index contributed by atoms with van der Waals surface area (Å²) >= 11 is 0. The third-order valence-electron chi connectivity index (χ3n) is 1.96. The molecule has 1 atom stereocenters. The summed E-state index contributed by atoms with van der Waals surface area (Å²) in [4.78, 5) is 10.1. The molecule has 4 heteroatoms. The Kier molecular flexibility index (Phi) is 2.42. The Morgan fingerprint density at radius 2 is 2.09 bits per heavy atom. The lowest BCUT2D eigenvalue weighted by molar-refractivity contribution is -0.139. The van der Waals surface area contributed by atoms with Crippen LogP contribution in [0.4, 0.5) is 8.78 Å². The maximum Gasteiger partial charge on any atom is 0.303 e. The molecule has 1 rings (SSSR count). The van der Waals surface area contributed by atoms with Gasteiger partial charge in [0.15, 0.2) is 0 Å². The zero-order chi connectivity index (χ0) is 8.43. The number of halogens is 2. The molecule has 1 N–H and O–H groups in total. The highest BCUT2D eigenvalue weighted by Crippen LogP contribution is 2.41. The highest BCUT2D eigenvalue weighted by molar-refractivity contribution is 5.67. The van der Waals surface area contributed by atoms with E-state index in [1.807, 2.05) is 0 Å². The van der Waals surface area contributed by atoms with Gasteiger partial charge in [0.25, 0.3) is 0 Å². The van der Waals surface area contributed by atoms with Crippen molar-refractivity contribution in [1.29, 1.82) is 0 Å². The highest BCUT2D eigenvalue weighted by atomic mass is 19.3. The molecule has 0 saturated heterocycles. The van der Waals surface area contributed by atoms with Gasteiger partial charge in [0, 0.05) is 5.92 Å². The predicted octanol–water partition coefficient (Wildman–Crippen LogP) is 1.75. The minimum Gasteiger partial charge on any atom is -0.481 e. The molecule has 0 heterocycles. The third-order valence-corrected chi connectivity index (χ3v) is 1.96. The number of hydrogen-bond donors (Lipinski definition) is 1. The van der Waals surface area contributed by atoms with E-state index in [2.05, 4.69) is 0 Å². The summed E-state index contributed by atoms with van der Waals surface area (Å²) in [6.45, 7) is 0. The number of rotatable bonds is 4. The van der Waals surface area contributed by atoms with Crippen LogP contribution in [0.3, 0.4) is 0 Å². The maximum atomic E-state index is 12.1. The first-order chi connectivity index (χ1) is 5.11. The summed E-state index contributed by atoms with van der Waals surface area (Å²) in [7, 11) is 0. The Morgan fingerprint density at radius 3 is 2.36 bits per heavy atom. The number of aliphatic carboxylic acids is 1. The number of carboxylic acid groups (broad SMARTS) is 1. The van der Waals surface area contributed by atoms with Crippen molar-refractivity contribution in [2.75, 3.05) is 0 Å². The van der Waals surface area contributed by atoms with E-state index >= 15 is 0 Å². The summed E-state index contributed by atoms with van der Waals surface area (Å²) < 4.78 is 24.2. The summed E-state index contributed by atoms with van der Waals surface area (Å²) in [5.74, 6) is -2.07. The first-order valence-electron chi connectivity index (χ1n) is 3.61. The van der Waals surface area contributed by atoms with Crippen molar-refractivity contribution >= 4 is 5.97 Å².